The number of amides is 1. The molecule has 0 aliphatic carbocycles. The van der Waals surface area contributed by atoms with Crippen LogP contribution >= 0.6 is 0 Å². The van der Waals surface area contributed by atoms with Crippen LogP contribution in [0.1, 0.15) is 24.0 Å². The summed E-state index contributed by atoms with van der Waals surface area (Å²) in [6.07, 6.45) is 7.31. The van der Waals surface area contributed by atoms with Crippen LogP contribution in [0, 0.1) is 0 Å². The normalized spacial score (nSPS) is 17.0. The van der Waals surface area contributed by atoms with Crippen molar-refractivity contribution in [3.63, 3.8) is 0 Å². The second-order valence-corrected chi connectivity index (χ2v) is 5.53. The maximum absolute atomic E-state index is 12.1. The second kappa shape index (κ2) is 4.44. The van der Waals surface area contributed by atoms with Gasteiger partial charge in [0.25, 0.3) is 0 Å². The molecule has 0 radical (unpaired) electrons. The first-order chi connectivity index (χ1) is 9.83. The van der Waals surface area contributed by atoms with E-state index in [1.54, 1.807) is 6.20 Å². The van der Waals surface area contributed by atoms with Crippen molar-refractivity contribution in [3.05, 3.63) is 47.8 Å². The Morgan fingerprint density at radius 3 is 2.70 bits per heavy atom. The van der Waals surface area contributed by atoms with E-state index in [-0.39, 0.29) is 5.91 Å². The molecule has 4 rings (SSSR count). The lowest BCUT2D eigenvalue weighted by Crippen LogP contribution is -2.27. The predicted molar refractivity (Wildman–Crippen MR) is 78.7 cm³/mol. The maximum Gasteiger partial charge on any atom is 0.227 e. The average molecular weight is 264 g/mol. The minimum Gasteiger partial charge on any atom is -0.312 e. The number of hydrogen-bond donors (Lipinski definition) is 0. The molecule has 0 fully saturated rings. The number of aromatic nitrogens is 1. The van der Waals surface area contributed by atoms with Crippen LogP contribution in [-0.4, -0.2) is 17.4 Å². The molecular formula is C17H16N2O. The van der Waals surface area contributed by atoms with Gasteiger partial charge >= 0.3 is 0 Å². The van der Waals surface area contributed by atoms with Crippen molar-refractivity contribution in [2.45, 2.75) is 25.7 Å². The summed E-state index contributed by atoms with van der Waals surface area (Å²) in [5.74, 6) is 0.289. The van der Waals surface area contributed by atoms with E-state index in [4.69, 9.17) is 0 Å². The van der Waals surface area contributed by atoms with Gasteiger partial charge in [-0.15, -0.1) is 0 Å². The molecule has 3 nitrogen and oxygen atoms in total. The first-order valence-electron chi connectivity index (χ1n) is 7.19. The molecule has 0 spiro atoms. The van der Waals surface area contributed by atoms with Crippen LogP contribution in [0.4, 0.5) is 5.69 Å². The SMILES string of the molecule is O=C1CCCc2cc(-c3cccnc3)cc3c2N1CC3. The summed E-state index contributed by atoms with van der Waals surface area (Å²) < 4.78 is 0. The molecule has 1 amide bonds. The molecule has 2 aromatic rings. The number of carbonyl (C=O) groups excluding carboxylic acids is 1. The number of benzene rings is 1. The summed E-state index contributed by atoms with van der Waals surface area (Å²) in [6.45, 7) is 0.845. The van der Waals surface area contributed by atoms with E-state index in [1.807, 2.05) is 17.2 Å². The average Bonchev–Trinajstić information content (AvgIpc) is 2.84. The third kappa shape index (κ3) is 1.73. The zero-order valence-corrected chi connectivity index (χ0v) is 11.3. The number of anilines is 1. The topological polar surface area (TPSA) is 33.2 Å². The highest BCUT2D eigenvalue weighted by atomic mass is 16.2. The molecule has 1 aromatic carbocycles. The summed E-state index contributed by atoms with van der Waals surface area (Å²) in [5, 5.41) is 0. The molecule has 20 heavy (non-hydrogen) atoms. The minimum absolute atomic E-state index is 0.289. The van der Waals surface area contributed by atoms with Crippen LogP contribution in [0.3, 0.4) is 0 Å². The quantitative estimate of drug-likeness (QED) is 0.793. The third-order valence-electron chi connectivity index (χ3n) is 4.28. The van der Waals surface area contributed by atoms with Crippen molar-refractivity contribution >= 4 is 11.6 Å². The van der Waals surface area contributed by atoms with Crippen molar-refractivity contribution in [1.29, 1.82) is 0 Å². The van der Waals surface area contributed by atoms with E-state index in [9.17, 15) is 4.79 Å². The van der Waals surface area contributed by atoms with Gasteiger partial charge < -0.3 is 4.90 Å². The van der Waals surface area contributed by atoms with Crippen LogP contribution in [-0.2, 0) is 17.6 Å². The van der Waals surface area contributed by atoms with Gasteiger partial charge in [-0.2, -0.15) is 0 Å². The van der Waals surface area contributed by atoms with E-state index in [0.29, 0.717) is 6.42 Å². The highest BCUT2D eigenvalue weighted by molar-refractivity contribution is 5.97. The Hall–Kier alpha value is -2.16. The van der Waals surface area contributed by atoms with Crippen molar-refractivity contribution in [2.75, 3.05) is 11.4 Å². The van der Waals surface area contributed by atoms with Gasteiger partial charge in [0, 0.05) is 30.9 Å². The summed E-state index contributed by atoms with van der Waals surface area (Å²) >= 11 is 0. The molecule has 1 aromatic heterocycles. The summed E-state index contributed by atoms with van der Waals surface area (Å²) in [4.78, 5) is 18.3. The second-order valence-electron chi connectivity index (χ2n) is 5.53. The van der Waals surface area contributed by atoms with Crippen LogP contribution in [0.15, 0.2) is 36.7 Å². The molecular weight excluding hydrogens is 248 g/mol. The lowest BCUT2D eigenvalue weighted by atomic mass is 9.97. The monoisotopic (exact) mass is 264 g/mol. The number of hydrogen-bond acceptors (Lipinski definition) is 2. The van der Waals surface area contributed by atoms with Crippen LogP contribution in [0.5, 0.6) is 0 Å². The van der Waals surface area contributed by atoms with Gasteiger partial charge in [-0.3, -0.25) is 9.78 Å². The number of nitrogens with zero attached hydrogens (tertiary/aromatic N) is 2. The van der Waals surface area contributed by atoms with Gasteiger partial charge in [0.1, 0.15) is 0 Å². The number of aryl methyl sites for hydroxylation is 1. The molecule has 3 heterocycles. The van der Waals surface area contributed by atoms with Gasteiger partial charge in [-0.05, 0) is 54.2 Å². The number of rotatable bonds is 1. The molecule has 0 unspecified atom stereocenters. The Morgan fingerprint density at radius 2 is 1.90 bits per heavy atom. The zero-order chi connectivity index (χ0) is 13.5. The Morgan fingerprint density at radius 1 is 1.05 bits per heavy atom. The van der Waals surface area contributed by atoms with Gasteiger partial charge in [-0.1, -0.05) is 6.07 Å². The summed E-state index contributed by atoms with van der Waals surface area (Å²) in [7, 11) is 0. The molecule has 0 bridgehead atoms. The van der Waals surface area contributed by atoms with Gasteiger partial charge in [-0.25, -0.2) is 0 Å². The minimum atomic E-state index is 0.289. The summed E-state index contributed by atoms with van der Waals surface area (Å²) in [6, 6.07) is 8.54. The highest BCUT2D eigenvalue weighted by Gasteiger charge is 2.29. The van der Waals surface area contributed by atoms with E-state index in [2.05, 4.69) is 23.2 Å². The third-order valence-corrected chi connectivity index (χ3v) is 4.28. The Kier molecular flexibility index (Phi) is 2.59. The predicted octanol–water partition coefficient (Wildman–Crippen LogP) is 2.97. The van der Waals surface area contributed by atoms with Crippen molar-refractivity contribution < 1.29 is 4.79 Å². The molecule has 2 aliphatic rings. The fourth-order valence-corrected chi connectivity index (χ4v) is 3.35. The molecule has 2 aliphatic heterocycles. The smallest absolute Gasteiger partial charge is 0.227 e. The fraction of sp³-hybridized carbons (Fsp3) is 0.294. The van der Waals surface area contributed by atoms with Gasteiger partial charge in [0.15, 0.2) is 0 Å². The Labute approximate surface area is 118 Å². The molecule has 0 N–H and O–H groups in total. The van der Waals surface area contributed by atoms with Crippen LogP contribution in [0.2, 0.25) is 0 Å². The Bertz CT molecular complexity index is 679. The number of pyridine rings is 1. The zero-order valence-electron chi connectivity index (χ0n) is 11.3. The van der Waals surface area contributed by atoms with Crippen molar-refractivity contribution in [2.24, 2.45) is 0 Å². The van der Waals surface area contributed by atoms with Gasteiger partial charge in [0.05, 0.1) is 5.69 Å². The lowest BCUT2D eigenvalue weighted by Gasteiger charge is -2.17. The van der Waals surface area contributed by atoms with Crippen LogP contribution in [0.25, 0.3) is 11.1 Å². The highest BCUT2D eigenvalue weighted by Crippen LogP contribution is 2.38. The first kappa shape index (κ1) is 11.6. The van der Waals surface area contributed by atoms with Crippen LogP contribution < -0.4 is 4.90 Å². The van der Waals surface area contributed by atoms with Crippen molar-refractivity contribution in [3.8, 4) is 11.1 Å². The first-order valence-corrected chi connectivity index (χ1v) is 7.19. The van der Waals surface area contributed by atoms with Crippen molar-refractivity contribution in [1.82, 2.24) is 4.98 Å². The molecule has 100 valence electrons. The molecule has 3 heteroatoms. The number of carbonyl (C=O) groups is 1. The largest absolute Gasteiger partial charge is 0.312 e. The van der Waals surface area contributed by atoms with E-state index < -0.39 is 0 Å². The lowest BCUT2D eigenvalue weighted by molar-refractivity contribution is -0.118. The summed E-state index contributed by atoms with van der Waals surface area (Å²) in [5.41, 5.74) is 6.21. The maximum atomic E-state index is 12.1. The molecule has 0 atom stereocenters. The van der Waals surface area contributed by atoms with E-state index in [1.165, 1.54) is 22.4 Å². The Balaban J connectivity index is 1.88. The van der Waals surface area contributed by atoms with Gasteiger partial charge in [0.2, 0.25) is 5.91 Å². The molecule has 0 saturated heterocycles. The standard InChI is InChI=1S/C17H16N2O/c20-16-5-1-3-12-9-15(14-4-2-7-18-11-14)10-13-6-8-19(16)17(12)13/h2,4,7,9-11H,1,3,5-6,8H2. The molecule has 0 saturated carbocycles. The van der Waals surface area contributed by atoms with E-state index >= 15 is 0 Å². The van der Waals surface area contributed by atoms with E-state index in [0.717, 1.165) is 31.4 Å². The fourth-order valence-electron chi connectivity index (χ4n) is 3.35.